The fraction of sp³-hybridized carbons (Fsp3) is 0.500. The highest BCUT2D eigenvalue weighted by molar-refractivity contribution is 5.28. The minimum Gasteiger partial charge on any atom is -0.497 e. The summed E-state index contributed by atoms with van der Waals surface area (Å²) in [4.78, 5) is 2.41. The molecule has 3 heteroatoms. The van der Waals surface area contributed by atoms with Crippen LogP contribution in [-0.4, -0.2) is 31.6 Å². The molecular formula is C12H18N2O. The molecule has 0 radical (unpaired) electrons. The molecule has 0 bridgehead atoms. The number of methoxy groups -OCH3 is 1. The van der Waals surface area contributed by atoms with Crippen LogP contribution < -0.4 is 10.5 Å². The third-order valence-corrected chi connectivity index (χ3v) is 2.91. The molecule has 2 rings (SSSR count). The van der Waals surface area contributed by atoms with Crippen LogP contribution in [0.25, 0.3) is 0 Å². The predicted octanol–water partition coefficient (Wildman–Crippen LogP) is 1.09. The van der Waals surface area contributed by atoms with Crippen molar-refractivity contribution in [1.29, 1.82) is 0 Å². The van der Waals surface area contributed by atoms with Gasteiger partial charge in [0.2, 0.25) is 0 Å². The van der Waals surface area contributed by atoms with Crippen molar-refractivity contribution in [2.75, 3.05) is 26.7 Å². The molecule has 0 atom stereocenters. The van der Waals surface area contributed by atoms with Gasteiger partial charge >= 0.3 is 0 Å². The van der Waals surface area contributed by atoms with Crippen LogP contribution in [0.15, 0.2) is 24.3 Å². The Morgan fingerprint density at radius 1 is 1.47 bits per heavy atom. The zero-order valence-corrected chi connectivity index (χ0v) is 9.15. The summed E-state index contributed by atoms with van der Waals surface area (Å²) in [7, 11) is 1.70. The van der Waals surface area contributed by atoms with Gasteiger partial charge in [-0.3, -0.25) is 4.90 Å². The van der Waals surface area contributed by atoms with Crippen molar-refractivity contribution >= 4 is 0 Å². The minimum absolute atomic E-state index is 0.704. The topological polar surface area (TPSA) is 38.5 Å². The lowest BCUT2D eigenvalue weighted by Gasteiger charge is -2.38. The molecule has 82 valence electrons. The Morgan fingerprint density at radius 2 is 2.27 bits per heavy atom. The summed E-state index contributed by atoms with van der Waals surface area (Å²) in [6.45, 7) is 4.09. The first-order chi connectivity index (χ1) is 7.31. The van der Waals surface area contributed by atoms with E-state index in [9.17, 15) is 0 Å². The number of nitrogens with zero attached hydrogens (tertiary/aromatic N) is 1. The summed E-state index contributed by atoms with van der Waals surface area (Å²) in [5.74, 6) is 1.64. The Kier molecular flexibility index (Phi) is 3.23. The molecule has 2 N–H and O–H groups in total. The molecule has 0 saturated carbocycles. The van der Waals surface area contributed by atoms with Gasteiger partial charge in [0.15, 0.2) is 0 Å². The second-order valence-corrected chi connectivity index (χ2v) is 4.15. The summed E-state index contributed by atoms with van der Waals surface area (Å²) in [6.07, 6.45) is 0. The van der Waals surface area contributed by atoms with Crippen LogP contribution in [0.2, 0.25) is 0 Å². The van der Waals surface area contributed by atoms with E-state index in [-0.39, 0.29) is 0 Å². The second-order valence-electron chi connectivity index (χ2n) is 4.15. The molecule has 1 saturated heterocycles. The molecule has 0 unspecified atom stereocenters. The summed E-state index contributed by atoms with van der Waals surface area (Å²) < 4.78 is 5.19. The van der Waals surface area contributed by atoms with Crippen LogP contribution in [0.5, 0.6) is 5.75 Å². The van der Waals surface area contributed by atoms with Gasteiger partial charge in [-0.1, -0.05) is 12.1 Å². The zero-order chi connectivity index (χ0) is 10.7. The third kappa shape index (κ3) is 2.49. The Bertz CT molecular complexity index is 321. The van der Waals surface area contributed by atoms with Gasteiger partial charge < -0.3 is 10.5 Å². The first-order valence-electron chi connectivity index (χ1n) is 5.37. The van der Waals surface area contributed by atoms with Gasteiger partial charge in [0.25, 0.3) is 0 Å². The summed E-state index contributed by atoms with van der Waals surface area (Å²) >= 11 is 0. The lowest BCUT2D eigenvalue weighted by molar-refractivity contribution is 0.0978. The number of ether oxygens (including phenoxy) is 1. The summed E-state index contributed by atoms with van der Waals surface area (Å²) in [5, 5.41) is 0. The van der Waals surface area contributed by atoms with E-state index in [1.165, 1.54) is 5.56 Å². The fourth-order valence-corrected chi connectivity index (χ4v) is 1.98. The average Bonchev–Trinajstić information content (AvgIpc) is 2.23. The van der Waals surface area contributed by atoms with Crippen LogP contribution in [0, 0.1) is 5.92 Å². The monoisotopic (exact) mass is 206 g/mol. The fourth-order valence-electron chi connectivity index (χ4n) is 1.98. The minimum atomic E-state index is 0.704. The van der Waals surface area contributed by atoms with Crippen LogP contribution >= 0.6 is 0 Å². The normalized spacial score (nSPS) is 17.5. The van der Waals surface area contributed by atoms with Gasteiger partial charge in [-0.15, -0.1) is 0 Å². The molecular weight excluding hydrogens is 188 g/mol. The smallest absolute Gasteiger partial charge is 0.119 e. The van der Waals surface area contributed by atoms with Crippen molar-refractivity contribution in [3.05, 3.63) is 29.8 Å². The van der Waals surface area contributed by atoms with Crippen molar-refractivity contribution < 1.29 is 4.74 Å². The summed E-state index contributed by atoms with van der Waals surface area (Å²) in [5.41, 5.74) is 6.90. The molecule has 0 aromatic heterocycles. The molecule has 1 heterocycles. The summed E-state index contributed by atoms with van der Waals surface area (Å²) in [6, 6.07) is 8.24. The average molecular weight is 206 g/mol. The molecule has 1 aliphatic heterocycles. The standard InChI is InChI=1S/C12H18N2O/c1-15-12-4-2-3-10(5-12)7-14-8-11(6-13)9-14/h2-5,11H,6-9,13H2,1H3. The van der Waals surface area contributed by atoms with E-state index < -0.39 is 0 Å². The van der Waals surface area contributed by atoms with E-state index in [0.29, 0.717) is 5.92 Å². The molecule has 1 aliphatic rings. The van der Waals surface area contributed by atoms with E-state index in [1.54, 1.807) is 7.11 Å². The SMILES string of the molecule is COc1cccc(CN2CC(CN)C2)c1. The van der Waals surface area contributed by atoms with Crippen LogP contribution in [0.1, 0.15) is 5.56 Å². The van der Waals surface area contributed by atoms with E-state index in [4.69, 9.17) is 10.5 Å². The second kappa shape index (κ2) is 4.64. The maximum atomic E-state index is 5.59. The number of hydrogen-bond donors (Lipinski definition) is 1. The van der Waals surface area contributed by atoms with Gasteiger partial charge in [-0.05, 0) is 30.2 Å². The van der Waals surface area contributed by atoms with Crippen molar-refractivity contribution in [3.8, 4) is 5.75 Å². The van der Waals surface area contributed by atoms with Crippen LogP contribution in [0.3, 0.4) is 0 Å². The third-order valence-electron chi connectivity index (χ3n) is 2.91. The van der Waals surface area contributed by atoms with E-state index >= 15 is 0 Å². The zero-order valence-electron chi connectivity index (χ0n) is 9.15. The maximum absolute atomic E-state index is 5.59. The van der Waals surface area contributed by atoms with Crippen molar-refractivity contribution in [2.24, 2.45) is 11.7 Å². The highest BCUT2D eigenvalue weighted by atomic mass is 16.5. The van der Waals surface area contributed by atoms with Crippen molar-refractivity contribution in [3.63, 3.8) is 0 Å². The molecule has 0 aliphatic carbocycles. The van der Waals surface area contributed by atoms with E-state index in [1.807, 2.05) is 12.1 Å². The molecule has 1 aromatic rings. The number of likely N-dealkylation sites (tertiary alicyclic amines) is 1. The Morgan fingerprint density at radius 3 is 2.93 bits per heavy atom. The quantitative estimate of drug-likeness (QED) is 0.801. The molecule has 3 nitrogen and oxygen atoms in total. The van der Waals surface area contributed by atoms with Gasteiger partial charge in [-0.2, -0.15) is 0 Å². The number of rotatable bonds is 4. The maximum Gasteiger partial charge on any atom is 0.119 e. The Labute approximate surface area is 90.8 Å². The molecule has 0 amide bonds. The first-order valence-corrected chi connectivity index (χ1v) is 5.37. The van der Waals surface area contributed by atoms with Gasteiger partial charge in [0.05, 0.1) is 7.11 Å². The first kappa shape index (κ1) is 10.5. The highest BCUT2D eigenvalue weighted by Gasteiger charge is 2.24. The number of hydrogen-bond acceptors (Lipinski definition) is 3. The van der Waals surface area contributed by atoms with Gasteiger partial charge in [0.1, 0.15) is 5.75 Å². The number of benzene rings is 1. The Balaban J connectivity index is 1.88. The van der Waals surface area contributed by atoms with Gasteiger partial charge in [-0.25, -0.2) is 0 Å². The van der Waals surface area contributed by atoms with Crippen LogP contribution in [0.4, 0.5) is 0 Å². The van der Waals surface area contributed by atoms with Crippen LogP contribution in [-0.2, 0) is 6.54 Å². The highest BCUT2D eigenvalue weighted by Crippen LogP contribution is 2.19. The largest absolute Gasteiger partial charge is 0.497 e. The molecule has 1 aromatic carbocycles. The Hall–Kier alpha value is -1.06. The predicted molar refractivity (Wildman–Crippen MR) is 60.8 cm³/mol. The van der Waals surface area contributed by atoms with Gasteiger partial charge in [0, 0.05) is 19.6 Å². The lowest BCUT2D eigenvalue weighted by Crippen LogP contribution is -2.49. The van der Waals surface area contributed by atoms with E-state index in [2.05, 4.69) is 17.0 Å². The van der Waals surface area contributed by atoms with E-state index in [0.717, 1.165) is 31.9 Å². The number of nitrogens with two attached hydrogens (primary N) is 1. The molecule has 1 fully saturated rings. The lowest BCUT2D eigenvalue weighted by atomic mass is 9.99. The van der Waals surface area contributed by atoms with Crippen molar-refractivity contribution in [2.45, 2.75) is 6.54 Å². The molecule has 15 heavy (non-hydrogen) atoms. The van der Waals surface area contributed by atoms with Crippen molar-refractivity contribution in [1.82, 2.24) is 4.90 Å². The molecule has 0 spiro atoms.